The molecule has 0 aromatic heterocycles. The molecule has 0 bridgehead atoms. The van der Waals surface area contributed by atoms with Gasteiger partial charge in [-0.25, -0.2) is 0 Å². The van der Waals surface area contributed by atoms with Crippen molar-refractivity contribution in [2.45, 2.75) is 26.2 Å². The van der Waals surface area contributed by atoms with Crippen LogP contribution in [0.5, 0.6) is 0 Å². The van der Waals surface area contributed by atoms with Crippen molar-refractivity contribution in [1.82, 2.24) is 0 Å². The summed E-state index contributed by atoms with van der Waals surface area (Å²) in [7, 11) is 0. The summed E-state index contributed by atoms with van der Waals surface area (Å²) in [6.07, 6.45) is 6.32. The first-order valence-corrected chi connectivity index (χ1v) is 3.47. The predicted octanol–water partition coefficient (Wildman–Crippen LogP) is 2.61. The molecule has 0 spiro atoms. The lowest BCUT2D eigenvalue weighted by Crippen LogP contribution is -1.97. The fourth-order valence-electron chi connectivity index (χ4n) is 1.52. The van der Waals surface area contributed by atoms with Crippen LogP contribution in [-0.2, 0) is 0 Å². The average molecular weight is 110 g/mol. The summed E-state index contributed by atoms with van der Waals surface area (Å²) in [6, 6.07) is 0. The second-order valence-electron chi connectivity index (χ2n) is 2.81. The van der Waals surface area contributed by atoms with Gasteiger partial charge in [0.15, 0.2) is 0 Å². The number of rotatable bonds is 1. The van der Waals surface area contributed by atoms with Crippen molar-refractivity contribution in [1.29, 1.82) is 0 Å². The average Bonchev–Trinajstić information content (AvgIpc) is 2.14. The molecule has 0 nitrogen and oxygen atoms in total. The van der Waals surface area contributed by atoms with Crippen molar-refractivity contribution >= 4 is 0 Å². The van der Waals surface area contributed by atoms with Crippen LogP contribution < -0.4 is 0 Å². The van der Waals surface area contributed by atoms with Crippen LogP contribution in [0, 0.1) is 11.8 Å². The Morgan fingerprint density at radius 1 is 1.50 bits per heavy atom. The molecule has 1 aliphatic rings. The van der Waals surface area contributed by atoms with E-state index in [9.17, 15) is 0 Å². The van der Waals surface area contributed by atoms with E-state index < -0.39 is 0 Å². The second kappa shape index (κ2) is 2.34. The monoisotopic (exact) mass is 110 g/mol. The van der Waals surface area contributed by atoms with Crippen LogP contribution in [0.2, 0.25) is 0 Å². The molecule has 0 aliphatic heterocycles. The number of hydrogen-bond acceptors (Lipinski definition) is 0. The molecule has 46 valence electrons. The minimum Gasteiger partial charge on any atom is -0.103 e. The Kier molecular flexibility index (Phi) is 1.72. The van der Waals surface area contributed by atoms with Crippen molar-refractivity contribution in [3.8, 4) is 0 Å². The SMILES string of the molecule is C=C[C@H]1CCC[C@@H]1C. The maximum absolute atomic E-state index is 3.79. The highest BCUT2D eigenvalue weighted by Crippen LogP contribution is 2.31. The fourth-order valence-corrected chi connectivity index (χ4v) is 1.52. The van der Waals surface area contributed by atoms with E-state index in [-0.39, 0.29) is 0 Å². The van der Waals surface area contributed by atoms with E-state index in [2.05, 4.69) is 19.6 Å². The Morgan fingerprint density at radius 3 is 2.50 bits per heavy atom. The number of hydrogen-bond donors (Lipinski definition) is 0. The normalized spacial score (nSPS) is 37.6. The quantitative estimate of drug-likeness (QED) is 0.455. The van der Waals surface area contributed by atoms with Crippen LogP contribution in [0.1, 0.15) is 26.2 Å². The summed E-state index contributed by atoms with van der Waals surface area (Å²) >= 11 is 0. The molecule has 0 saturated heterocycles. The molecule has 0 heterocycles. The van der Waals surface area contributed by atoms with Crippen molar-refractivity contribution in [2.24, 2.45) is 11.8 Å². The summed E-state index contributed by atoms with van der Waals surface area (Å²) in [6.45, 7) is 6.11. The summed E-state index contributed by atoms with van der Waals surface area (Å²) in [5.74, 6) is 1.74. The minimum atomic E-state index is 0.829. The van der Waals surface area contributed by atoms with Gasteiger partial charge in [-0.3, -0.25) is 0 Å². The van der Waals surface area contributed by atoms with Gasteiger partial charge < -0.3 is 0 Å². The van der Waals surface area contributed by atoms with Crippen molar-refractivity contribution in [3.63, 3.8) is 0 Å². The van der Waals surface area contributed by atoms with Crippen LogP contribution in [0.3, 0.4) is 0 Å². The Balaban J connectivity index is 2.41. The zero-order valence-corrected chi connectivity index (χ0v) is 5.56. The van der Waals surface area contributed by atoms with Gasteiger partial charge in [0.25, 0.3) is 0 Å². The molecule has 0 radical (unpaired) electrons. The Morgan fingerprint density at radius 2 is 2.25 bits per heavy atom. The van der Waals surface area contributed by atoms with Crippen molar-refractivity contribution in [2.75, 3.05) is 0 Å². The van der Waals surface area contributed by atoms with Crippen LogP contribution in [-0.4, -0.2) is 0 Å². The van der Waals surface area contributed by atoms with E-state index in [1.807, 2.05) is 0 Å². The van der Waals surface area contributed by atoms with Crippen LogP contribution in [0.4, 0.5) is 0 Å². The third-order valence-electron chi connectivity index (χ3n) is 2.23. The molecule has 0 heteroatoms. The molecule has 0 amide bonds. The van der Waals surface area contributed by atoms with Gasteiger partial charge >= 0.3 is 0 Å². The lowest BCUT2D eigenvalue weighted by molar-refractivity contribution is 0.504. The highest BCUT2D eigenvalue weighted by molar-refractivity contribution is 4.86. The molecule has 0 N–H and O–H groups in total. The molecule has 0 unspecified atom stereocenters. The Bertz CT molecular complexity index is 84.0. The molecule has 1 fully saturated rings. The van der Waals surface area contributed by atoms with Gasteiger partial charge in [-0.05, 0) is 18.3 Å². The van der Waals surface area contributed by atoms with E-state index in [1.54, 1.807) is 0 Å². The molecule has 2 atom stereocenters. The van der Waals surface area contributed by atoms with Crippen LogP contribution >= 0.6 is 0 Å². The maximum atomic E-state index is 3.79. The third-order valence-corrected chi connectivity index (χ3v) is 2.23. The summed E-state index contributed by atoms with van der Waals surface area (Å²) in [5.41, 5.74) is 0. The Hall–Kier alpha value is -0.260. The fraction of sp³-hybridized carbons (Fsp3) is 0.750. The molecule has 8 heavy (non-hydrogen) atoms. The van der Waals surface area contributed by atoms with Crippen LogP contribution in [0.25, 0.3) is 0 Å². The standard InChI is InChI=1S/C8H14/c1-3-8-6-4-5-7(8)2/h3,7-8H,1,4-6H2,2H3/t7-,8-/m0/s1. The van der Waals surface area contributed by atoms with Gasteiger partial charge in [0.1, 0.15) is 0 Å². The molecule has 1 rings (SSSR count). The van der Waals surface area contributed by atoms with E-state index >= 15 is 0 Å². The molecular weight excluding hydrogens is 96.1 g/mol. The Labute approximate surface area is 51.6 Å². The molecular formula is C8H14. The highest BCUT2D eigenvalue weighted by Gasteiger charge is 2.19. The summed E-state index contributed by atoms with van der Waals surface area (Å²) < 4.78 is 0. The first-order valence-electron chi connectivity index (χ1n) is 3.47. The second-order valence-corrected chi connectivity index (χ2v) is 2.81. The van der Waals surface area contributed by atoms with E-state index in [0.29, 0.717) is 0 Å². The maximum Gasteiger partial charge on any atom is -0.0210 e. The third kappa shape index (κ3) is 0.936. The van der Waals surface area contributed by atoms with Gasteiger partial charge in [-0.2, -0.15) is 0 Å². The highest BCUT2D eigenvalue weighted by atomic mass is 14.2. The van der Waals surface area contributed by atoms with E-state index in [4.69, 9.17) is 0 Å². The number of allylic oxidation sites excluding steroid dienone is 1. The van der Waals surface area contributed by atoms with Gasteiger partial charge in [-0.1, -0.05) is 25.8 Å². The van der Waals surface area contributed by atoms with Crippen LogP contribution in [0.15, 0.2) is 12.7 Å². The van der Waals surface area contributed by atoms with Crippen molar-refractivity contribution < 1.29 is 0 Å². The summed E-state index contributed by atoms with van der Waals surface area (Å²) in [5, 5.41) is 0. The zero-order valence-electron chi connectivity index (χ0n) is 5.56. The van der Waals surface area contributed by atoms with Gasteiger partial charge in [0.05, 0.1) is 0 Å². The van der Waals surface area contributed by atoms with Crippen molar-refractivity contribution in [3.05, 3.63) is 12.7 Å². The van der Waals surface area contributed by atoms with Gasteiger partial charge in [0, 0.05) is 0 Å². The minimum absolute atomic E-state index is 0.829. The molecule has 1 saturated carbocycles. The smallest absolute Gasteiger partial charge is 0.0210 e. The van der Waals surface area contributed by atoms with Gasteiger partial charge in [0.2, 0.25) is 0 Å². The lowest BCUT2D eigenvalue weighted by Gasteiger charge is -2.06. The molecule has 1 aliphatic carbocycles. The topological polar surface area (TPSA) is 0 Å². The first kappa shape index (κ1) is 5.87. The molecule has 0 aromatic rings. The van der Waals surface area contributed by atoms with E-state index in [0.717, 1.165) is 11.8 Å². The molecule has 0 aromatic carbocycles. The van der Waals surface area contributed by atoms with Gasteiger partial charge in [-0.15, -0.1) is 6.58 Å². The largest absolute Gasteiger partial charge is 0.103 e. The predicted molar refractivity (Wildman–Crippen MR) is 36.7 cm³/mol. The summed E-state index contributed by atoms with van der Waals surface area (Å²) in [4.78, 5) is 0. The van der Waals surface area contributed by atoms with E-state index in [1.165, 1.54) is 19.3 Å². The first-order chi connectivity index (χ1) is 3.84. The lowest BCUT2D eigenvalue weighted by atomic mass is 9.99. The zero-order chi connectivity index (χ0) is 5.98.